The molecule has 0 bridgehead atoms. The van der Waals surface area contributed by atoms with Crippen molar-refractivity contribution < 1.29 is 4.79 Å². The quantitative estimate of drug-likeness (QED) is 0.732. The summed E-state index contributed by atoms with van der Waals surface area (Å²) in [6, 6.07) is 14.0. The fourth-order valence-electron chi connectivity index (χ4n) is 1.65. The lowest BCUT2D eigenvalue weighted by atomic mass is 10.1. The highest BCUT2D eigenvalue weighted by Crippen LogP contribution is 2.03. The second-order valence-electron chi connectivity index (χ2n) is 3.86. The number of hydrogen-bond donors (Lipinski definition) is 0. The fraction of sp³-hybridized carbons (Fsp3) is 0.133. The lowest BCUT2D eigenvalue weighted by Gasteiger charge is -1.97. The third-order valence-corrected chi connectivity index (χ3v) is 2.56. The second-order valence-corrected chi connectivity index (χ2v) is 3.86. The van der Waals surface area contributed by atoms with Gasteiger partial charge < -0.3 is 0 Å². The molecule has 2 heteroatoms. The Bertz CT molecular complexity index is 483. The topological polar surface area (TPSA) is 22.0 Å². The van der Waals surface area contributed by atoms with Crippen molar-refractivity contribution in [1.29, 1.82) is 0 Å². The number of rotatable bonds is 4. The molecule has 17 heavy (non-hydrogen) atoms. The van der Waals surface area contributed by atoms with Gasteiger partial charge in [0.2, 0.25) is 0 Å². The molecule has 2 aromatic rings. The van der Waals surface area contributed by atoms with Crippen molar-refractivity contribution in [2.75, 3.05) is 0 Å². The van der Waals surface area contributed by atoms with E-state index < -0.39 is 0 Å². The Labute approximate surface area is 101 Å². The van der Waals surface area contributed by atoms with Gasteiger partial charge in [0.05, 0.1) is 0 Å². The first-order chi connectivity index (χ1) is 8.36. The molecule has 2 nitrogen and oxygen atoms in total. The van der Waals surface area contributed by atoms with Gasteiger partial charge in [-0.25, -0.2) is 0 Å². The highest BCUT2D eigenvalue weighted by Gasteiger charge is 1.96. The molecule has 86 valence electrons. The van der Waals surface area contributed by atoms with E-state index in [1.165, 1.54) is 5.56 Å². The fourth-order valence-corrected chi connectivity index (χ4v) is 1.65. The first kappa shape index (κ1) is 11.4. The summed E-state index contributed by atoms with van der Waals surface area (Å²) < 4.78 is 1.57. The molecule has 0 unspecified atom stereocenters. The van der Waals surface area contributed by atoms with Gasteiger partial charge in [0.15, 0.2) is 0 Å². The molecule has 2 rings (SSSR count). The molecule has 0 aliphatic carbocycles. The van der Waals surface area contributed by atoms with Crippen LogP contribution in [0.1, 0.15) is 16.8 Å². The number of allylic oxidation sites excluding steroid dienone is 2. The lowest BCUT2D eigenvalue weighted by Crippen LogP contribution is -2.03. The SMILES string of the molecule is O=C(C=CCCc1ccccc1)n1cccc1. The predicted molar refractivity (Wildman–Crippen MR) is 69.0 cm³/mol. The van der Waals surface area contributed by atoms with Crippen LogP contribution in [0.3, 0.4) is 0 Å². The maximum Gasteiger partial charge on any atom is 0.254 e. The molecule has 0 radical (unpaired) electrons. The van der Waals surface area contributed by atoms with Crippen LogP contribution >= 0.6 is 0 Å². The maximum atomic E-state index is 11.6. The Balaban J connectivity index is 1.81. The molecule has 0 N–H and O–H groups in total. The van der Waals surface area contributed by atoms with E-state index in [-0.39, 0.29) is 5.91 Å². The minimum atomic E-state index is 0.00283. The van der Waals surface area contributed by atoms with Crippen LogP contribution in [0.25, 0.3) is 0 Å². The van der Waals surface area contributed by atoms with Crippen molar-refractivity contribution in [3.8, 4) is 0 Å². The van der Waals surface area contributed by atoms with Gasteiger partial charge in [-0.1, -0.05) is 36.4 Å². The summed E-state index contributed by atoms with van der Waals surface area (Å²) >= 11 is 0. The van der Waals surface area contributed by atoms with E-state index in [0.29, 0.717) is 0 Å². The van der Waals surface area contributed by atoms with E-state index in [0.717, 1.165) is 12.8 Å². The molecule has 0 spiro atoms. The minimum Gasteiger partial charge on any atom is -0.291 e. The zero-order valence-corrected chi connectivity index (χ0v) is 9.62. The summed E-state index contributed by atoms with van der Waals surface area (Å²) in [7, 11) is 0. The molecule has 0 amide bonds. The van der Waals surface area contributed by atoms with E-state index in [9.17, 15) is 4.79 Å². The molecule has 0 fully saturated rings. The molecule has 0 atom stereocenters. The van der Waals surface area contributed by atoms with Crippen LogP contribution in [-0.2, 0) is 6.42 Å². The highest BCUT2D eigenvalue weighted by atomic mass is 16.1. The van der Waals surface area contributed by atoms with Crippen molar-refractivity contribution in [3.05, 3.63) is 72.6 Å². The number of carbonyl (C=O) groups excluding carboxylic acids is 1. The molecule has 0 saturated carbocycles. The monoisotopic (exact) mass is 225 g/mol. The third-order valence-electron chi connectivity index (χ3n) is 2.56. The van der Waals surface area contributed by atoms with Crippen molar-refractivity contribution >= 4 is 5.91 Å². The van der Waals surface area contributed by atoms with Crippen LogP contribution in [-0.4, -0.2) is 10.5 Å². The van der Waals surface area contributed by atoms with Crippen LogP contribution in [0.5, 0.6) is 0 Å². The molecular formula is C15H15NO. The summed E-state index contributed by atoms with van der Waals surface area (Å²) in [5.41, 5.74) is 1.30. The normalized spacial score (nSPS) is 10.8. The van der Waals surface area contributed by atoms with Gasteiger partial charge in [0.1, 0.15) is 0 Å². The van der Waals surface area contributed by atoms with Gasteiger partial charge >= 0.3 is 0 Å². The molecule has 0 aliphatic heterocycles. The first-order valence-corrected chi connectivity index (χ1v) is 5.74. The first-order valence-electron chi connectivity index (χ1n) is 5.74. The van der Waals surface area contributed by atoms with Crippen molar-refractivity contribution in [2.45, 2.75) is 12.8 Å². The standard InChI is InChI=1S/C15H15NO/c17-15(16-12-6-7-13-16)11-5-4-10-14-8-2-1-3-9-14/h1-3,5-9,11-13H,4,10H2. The van der Waals surface area contributed by atoms with Crippen molar-refractivity contribution in [2.24, 2.45) is 0 Å². The Morgan fingerprint density at radius 2 is 1.76 bits per heavy atom. The predicted octanol–water partition coefficient (Wildman–Crippen LogP) is 3.32. The minimum absolute atomic E-state index is 0.00283. The van der Waals surface area contributed by atoms with E-state index in [2.05, 4.69) is 12.1 Å². The lowest BCUT2D eigenvalue weighted by molar-refractivity contribution is 0.0969. The van der Waals surface area contributed by atoms with Crippen LogP contribution in [0.2, 0.25) is 0 Å². The van der Waals surface area contributed by atoms with Gasteiger partial charge in [0.25, 0.3) is 5.91 Å². The van der Waals surface area contributed by atoms with E-state index in [4.69, 9.17) is 0 Å². The number of carbonyl (C=O) groups is 1. The van der Waals surface area contributed by atoms with Crippen molar-refractivity contribution in [3.63, 3.8) is 0 Å². The zero-order valence-electron chi connectivity index (χ0n) is 9.62. The average Bonchev–Trinajstić information content (AvgIpc) is 2.89. The van der Waals surface area contributed by atoms with E-state index >= 15 is 0 Å². The number of benzene rings is 1. The largest absolute Gasteiger partial charge is 0.291 e. The Morgan fingerprint density at radius 3 is 2.47 bits per heavy atom. The van der Waals surface area contributed by atoms with Gasteiger partial charge in [-0.2, -0.15) is 0 Å². The van der Waals surface area contributed by atoms with Crippen LogP contribution in [0.4, 0.5) is 0 Å². The van der Waals surface area contributed by atoms with E-state index in [1.807, 2.05) is 36.4 Å². The Hall–Kier alpha value is -2.09. The maximum absolute atomic E-state index is 11.6. The van der Waals surface area contributed by atoms with Crippen LogP contribution in [0.15, 0.2) is 67.0 Å². The average molecular weight is 225 g/mol. The molecule has 1 heterocycles. The number of nitrogens with zero attached hydrogens (tertiary/aromatic N) is 1. The number of aromatic nitrogens is 1. The Kier molecular flexibility index (Phi) is 3.92. The van der Waals surface area contributed by atoms with Gasteiger partial charge in [-0.3, -0.25) is 9.36 Å². The summed E-state index contributed by atoms with van der Waals surface area (Å²) in [4.78, 5) is 11.6. The number of aryl methyl sites for hydroxylation is 1. The van der Waals surface area contributed by atoms with Gasteiger partial charge in [-0.15, -0.1) is 0 Å². The zero-order chi connectivity index (χ0) is 11.9. The summed E-state index contributed by atoms with van der Waals surface area (Å²) in [6.07, 6.45) is 8.92. The summed E-state index contributed by atoms with van der Waals surface area (Å²) in [5, 5.41) is 0. The van der Waals surface area contributed by atoms with Crippen LogP contribution < -0.4 is 0 Å². The van der Waals surface area contributed by atoms with Crippen LogP contribution in [0, 0.1) is 0 Å². The van der Waals surface area contributed by atoms with Crippen molar-refractivity contribution in [1.82, 2.24) is 4.57 Å². The summed E-state index contributed by atoms with van der Waals surface area (Å²) in [6.45, 7) is 0. The number of hydrogen-bond acceptors (Lipinski definition) is 1. The van der Waals surface area contributed by atoms with Gasteiger partial charge in [-0.05, 0) is 36.6 Å². The molecule has 1 aromatic carbocycles. The molecular weight excluding hydrogens is 210 g/mol. The van der Waals surface area contributed by atoms with E-state index in [1.54, 1.807) is 23.0 Å². The molecule has 0 aliphatic rings. The third kappa shape index (κ3) is 3.45. The van der Waals surface area contributed by atoms with Gasteiger partial charge in [0, 0.05) is 12.4 Å². The highest BCUT2D eigenvalue weighted by molar-refractivity contribution is 5.89. The molecule has 1 aromatic heterocycles. The summed E-state index contributed by atoms with van der Waals surface area (Å²) in [5.74, 6) is 0.00283. The Morgan fingerprint density at radius 1 is 1.06 bits per heavy atom. The smallest absolute Gasteiger partial charge is 0.254 e. The molecule has 0 saturated heterocycles. The second kappa shape index (κ2) is 5.85.